The van der Waals surface area contributed by atoms with Gasteiger partial charge in [-0.1, -0.05) is 23.4 Å². The van der Waals surface area contributed by atoms with Crippen molar-refractivity contribution >= 4 is 22.6 Å². The summed E-state index contributed by atoms with van der Waals surface area (Å²) in [5.74, 6) is 0.766. The van der Waals surface area contributed by atoms with E-state index in [0.29, 0.717) is 24.5 Å². The minimum absolute atomic E-state index is 0.0661. The number of benzene rings is 2. The number of anilines is 1. The van der Waals surface area contributed by atoms with Crippen LogP contribution in [0.4, 0.5) is 5.69 Å². The molecule has 0 bridgehead atoms. The third kappa shape index (κ3) is 1.96. The highest BCUT2D eigenvalue weighted by Gasteiger charge is 2.57. The van der Waals surface area contributed by atoms with Crippen LogP contribution in [0.15, 0.2) is 40.9 Å². The molecule has 2 aromatic carbocycles. The van der Waals surface area contributed by atoms with Gasteiger partial charge in [-0.15, -0.1) is 0 Å². The summed E-state index contributed by atoms with van der Waals surface area (Å²) in [6, 6.07) is 11.9. The number of carbonyl (C=O) groups is 1. The van der Waals surface area contributed by atoms with Gasteiger partial charge in [-0.3, -0.25) is 4.79 Å². The van der Waals surface area contributed by atoms with Crippen LogP contribution in [0.3, 0.4) is 0 Å². The van der Waals surface area contributed by atoms with E-state index in [4.69, 9.17) is 14.0 Å². The number of carbonyl (C=O) groups excluding carboxylic acids is 1. The summed E-state index contributed by atoms with van der Waals surface area (Å²) in [4.78, 5) is 15.7. The zero-order valence-corrected chi connectivity index (χ0v) is 15.6. The van der Waals surface area contributed by atoms with E-state index in [0.717, 1.165) is 47.3 Å². The molecule has 1 unspecified atom stereocenters. The molecular formula is C22H20N2O4. The number of hydrogen-bond donors (Lipinski definition) is 0. The monoisotopic (exact) mass is 376 g/mol. The van der Waals surface area contributed by atoms with Crippen LogP contribution in [-0.2, 0) is 14.9 Å². The summed E-state index contributed by atoms with van der Waals surface area (Å²) < 4.78 is 17.2. The van der Waals surface area contributed by atoms with Gasteiger partial charge in [-0.05, 0) is 37.5 Å². The van der Waals surface area contributed by atoms with Crippen LogP contribution in [-0.4, -0.2) is 36.9 Å². The van der Waals surface area contributed by atoms with Gasteiger partial charge >= 0.3 is 0 Å². The van der Waals surface area contributed by atoms with E-state index in [9.17, 15) is 4.79 Å². The van der Waals surface area contributed by atoms with Gasteiger partial charge < -0.3 is 18.9 Å². The lowest BCUT2D eigenvalue weighted by Gasteiger charge is -2.24. The van der Waals surface area contributed by atoms with Crippen LogP contribution in [0.5, 0.6) is 5.75 Å². The fourth-order valence-corrected chi connectivity index (χ4v) is 4.90. The lowest BCUT2D eigenvalue weighted by atomic mass is 9.77. The van der Waals surface area contributed by atoms with E-state index >= 15 is 0 Å². The van der Waals surface area contributed by atoms with Crippen LogP contribution < -0.4 is 9.64 Å². The van der Waals surface area contributed by atoms with Gasteiger partial charge in [0.05, 0.1) is 18.3 Å². The molecule has 0 saturated carbocycles. The van der Waals surface area contributed by atoms with E-state index in [2.05, 4.69) is 5.16 Å². The molecule has 28 heavy (non-hydrogen) atoms. The third-order valence-electron chi connectivity index (χ3n) is 6.33. The molecule has 1 aromatic heterocycles. The van der Waals surface area contributed by atoms with Gasteiger partial charge in [0, 0.05) is 29.3 Å². The third-order valence-corrected chi connectivity index (χ3v) is 6.33. The molecule has 142 valence electrons. The van der Waals surface area contributed by atoms with Crippen molar-refractivity contribution in [2.75, 3.05) is 24.7 Å². The quantitative estimate of drug-likeness (QED) is 0.686. The molecule has 4 heterocycles. The topological polar surface area (TPSA) is 64.8 Å². The fourth-order valence-electron chi connectivity index (χ4n) is 4.90. The Morgan fingerprint density at radius 2 is 2.14 bits per heavy atom. The first kappa shape index (κ1) is 16.1. The number of fused-ring (bicyclic) bond motifs is 5. The predicted molar refractivity (Wildman–Crippen MR) is 103 cm³/mol. The lowest BCUT2D eigenvalue weighted by Crippen LogP contribution is -2.44. The number of aromatic nitrogens is 1. The molecule has 1 saturated heterocycles. The number of hydrogen-bond acceptors (Lipinski definition) is 5. The molecule has 6 rings (SSSR count). The molecule has 0 aliphatic carbocycles. The molecule has 6 nitrogen and oxygen atoms in total. The number of aryl methyl sites for hydroxylation is 1. The highest BCUT2D eigenvalue weighted by molar-refractivity contribution is 6.12. The van der Waals surface area contributed by atoms with Crippen LogP contribution in [0, 0.1) is 6.92 Å². The first-order valence-electron chi connectivity index (χ1n) is 9.75. The second kappa shape index (κ2) is 5.58. The normalized spacial score (nSPS) is 25.5. The zero-order chi connectivity index (χ0) is 18.9. The molecule has 1 amide bonds. The Bertz CT molecular complexity index is 1110. The molecule has 0 N–H and O–H groups in total. The van der Waals surface area contributed by atoms with E-state index in [1.807, 2.05) is 48.2 Å². The van der Waals surface area contributed by atoms with Crippen molar-refractivity contribution in [2.45, 2.75) is 31.3 Å². The smallest absolute Gasteiger partial charge is 0.245 e. The van der Waals surface area contributed by atoms with Crippen molar-refractivity contribution in [3.8, 4) is 5.75 Å². The van der Waals surface area contributed by atoms with Crippen molar-refractivity contribution in [3.05, 3.63) is 53.2 Å². The Morgan fingerprint density at radius 1 is 1.25 bits per heavy atom. The van der Waals surface area contributed by atoms with Crippen molar-refractivity contribution in [3.63, 3.8) is 0 Å². The first-order valence-corrected chi connectivity index (χ1v) is 9.75. The molecule has 2 atom stereocenters. The molecule has 1 fully saturated rings. The Kier molecular flexibility index (Phi) is 3.21. The maximum atomic E-state index is 13.8. The molecule has 3 aliphatic rings. The number of nitrogens with zero attached hydrogens (tertiary/aromatic N) is 2. The standard InChI is InChI=1S/C22H20N2O4/c1-13-15-9-17-20(10-19(15)28-23-13)27-12-22(17)16-6-2-3-7-18(16)24(21(22)25)11-14-5-4-8-26-14/h2-3,6-7,9-10,14H,4-5,8,11-12H2,1H3/t14-,22?/m1/s1. The number of rotatable bonds is 2. The van der Waals surface area contributed by atoms with E-state index < -0.39 is 5.41 Å². The molecule has 0 radical (unpaired) electrons. The number of para-hydroxylation sites is 1. The van der Waals surface area contributed by atoms with E-state index in [1.165, 1.54) is 0 Å². The number of ether oxygens (including phenoxy) is 2. The molecule has 3 aliphatic heterocycles. The molecule has 1 spiro atoms. The van der Waals surface area contributed by atoms with E-state index in [-0.39, 0.29) is 12.0 Å². The van der Waals surface area contributed by atoms with Gasteiger partial charge in [0.2, 0.25) is 5.91 Å². The van der Waals surface area contributed by atoms with Gasteiger partial charge in [0.25, 0.3) is 0 Å². The Morgan fingerprint density at radius 3 is 3.00 bits per heavy atom. The Balaban J connectivity index is 1.53. The van der Waals surface area contributed by atoms with Crippen LogP contribution in [0.25, 0.3) is 11.0 Å². The summed E-state index contributed by atoms with van der Waals surface area (Å²) >= 11 is 0. The minimum atomic E-state index is -0.817. The molecular weight excluding hydrogens is 356 g/mol. The summed E-state index contributed by atoms with van der Waals surface area (Å²) in [7, 11) is 0. The summed E-state index contributed by atoms with van der Waals surface area (Å²) in [5.41, 5.74) is 3.55. The predicted octanol–water partition coefficient (Wildman–Crippen LogP) is 3.34. The largest absolute Gasteiger partial charge is 0.491 e. The second-order valence-corrected chi connectivity index (χ2v) is 7.87. The average Bonchev–Trinajstić information content (AvgIpc) is 3.47. The molecule has 3 aromatic rings. The molecule has 6 heteroatoms. The van der Waals surface area contributed by atoms with Gasteiger partial charge in [-0.25, -0.2) is 0 Å². The summed E-state index contributed by atoms with van der Waals surface area (Å²) in [6.45, 7) is 3.58. The highest BCUT2D eigenvalue weighted by Crippen LogP contribution is 2.53. The van der Waals surface area contributed by atoms with Gasteiger partial charge in [0.15, 0.2) is 5.58 Å². The van der Waals surface area contributed by atoms with Crippen molar-refractivity contribution in [1.82, 2.24) is 5.16 Å². The van der Waals surface area contributed by atoms with Crippen molar-refractivity contribution in [1.29, 1.82) is 0 Å². The minimum Gasteiger partial charge on any atom is -0.491 e. The first-order chi connectivity index (χ1) is 13.7. The van der Waals surface area contributed by atoms with Crippen LogP contribution >= 0.6 is 0 Å². The van der Waals surface area contributed by atoms with E-state index in [1.54, 1.807) is 0 Å². The zero-order valence-electron chi connectivity index (χ0n) is 15.6. The number of amides is 1. The van der Waals surface area contributed by atoms with Gasteiger partial charge in [0.1, 0.15) is 17.8 Å². The Hall–Kier alpha value is -2.86. The van der Waals surface area contributed by atoms with Crippen molar-refractivity contribution in [2.24, 2.45) is 0 Å². The van der Waals surface area contributed by atoms with Gasteiger partial charge in [-0.2, -0.15) is 0 Å². The fraction of sp³-hybridized carbons (Fsp3) is 0.364. The highest BCUT2D eigenvalue weighted by atomic mass is 16.5. The SMILES string of the molecule is Cc1noc2cc3c(cc12)C1(CO3)C(=O)N(C[C@H]2CCCO2)c2ccccc21. The average molecular weight is 376 g/mol. The van der Waals surface area contributed by atoms with Crippen molar-refractivity contribution < 1.29 is 18.8 Å². The van der Waals surface area contributed by atoms with Crippen LogP contribution in [0.1, 0.15) is 29.7 Å². The summed E-state index contributed by atoms with van der Waals surface area (Å²) in [5, 5.41) is 4.98. The lowest BCUT2D eigenvalue weighted by molar-refractivity contribution is -0.122. The Labute approximate surface area is 162 Å². The maximum Gasteiger partial charge on any atom is 0.245 e. The maximum absolute atomic E-state index is 13.8. The second-order valence-electron chi connectivity index (χ2n) is 7.87. The summed E-state index contributed by atoms with van der Waals surface area (Å²) in [6.07, 6.45) is 2.14. The van der Waals surface area contributed by atoms with Crippen LogP contribution in [0.2, 0.25) is 0 Å².